The summed E-state index contributed by atoms with van der Waals surface area (Å²) in [6.45, 7) is 0.514. The molecule has 4 rings (SSSR count). The minimum absolute atomic E-state index is 0.00513. The second-order valence-electron chi connectivity index (χ2n) is 7.10. The molecule has 0 aliphatic carbocycles. The Hall–Kier alpha value is -3.66. The Kier molecular flexibility index (Phi) is 5.47. The molecule has 1 saturated heterocycles. The van der Waals surface area contributed by atoms with Gasteiger partial charge in [-0.3, -0.25) is 29.4 Å². The number of carbonyl (C=O) groups is 3. The zero-order chi connectivity index (χ0) is 22.1. The lowest BCUT2D eigenvalue weighted by Crippen LogP contribution is -2.44. The van der Waals surface area contributed by atoms with E-state index in [-0.39, 0.29) is 27.8 Å². The molecule has 0 radical (unpaired) electrons. The van der Waals surface area contributed by atoms with E-state index in [4.69, 9.17) is 0 Å². The van der Waals surface area contributed by atoms with Crippen molar-refractivity contribution in [1.82, 2.24) is 9.80 Å². The summed E-state index contributed by atoms with van der Waals surface area (Å²) in [7, 11) is 0. The number of aromatic hydroxyl groups is 1. The minimum Gasteiger partial charge on any atom is -0.508 e. The highest BCUT2D eigenvalue weighted by atomic mass is 32.2. The van der Waals surface area contributed by atoms with Gasteiger partial charge in [0.1, 0.15) is 12.3 Å². The van der Waals surface area contributed by atoms with Crippen molar-refractivity contribution in [2.45, 2.75) is 13.0 Å². The molecule has 0 atom stereocenters. The molecule has 0 unspecified atom stereocenters. The number of rotatable bonds is 4. The fraction of sp³-hybridized carbons (Fsp3) is 0.190. The van der Waals surface area contributed by atoms with E-state index in [0.29, 0.717) is 31.3 Å². The Morgan fingerprint density at radius 2 is 1.94 bits per heavy atom. The number of carbonyl (C=O) groups excluding carboxylic acids is 3. The van der Waals surface area contributed by atoms with Crippen LogP contribution in [0.1, 0.15) is 16.7 Å². The third-order valence-corrected chi connectivity index (χ3v) is 6.05. The van der Waals surface area contributed by atoms with Gasteiger partial charge in [-0.25, -0.2) is 0 Å². The van der Waals surface area contributed by atoms with Crippen LogP contribution >= 0.6 is 11.8 Å². The fourth-order valence-electron chi connectivity index (χ4n) is 3.55. The maximum atomic E-state index is 12.7. The number of fused-ring (bicyclic) bond motifs is 1. The van der Waals surface area contributed by atoms with Crippen LogP contribution in [0.2, 0.25) is 0 Å². The summed E-state index contributed by atoms with van der Waals surface area (Å²) >= 11 is 0.604. The van der Waals surface area contributed by atoms with Crippen molar-refractivity contribution in [2.24, 2.45) is 0 Å². The molecule has 2 aliphatic heterocycles. The Morgan fingerprint density at radius 3 is 2.68 bits per heavy atom. The molecule has 158 valence electrons. The fourth-order valence-corrected chi connectivity index (χ4v) is 4.37. The molecule has 2 heterocycles. The van der Waals surface area contributed by atoms with Gasteiger partial charge >= 0.3 is 0 Å². The van der Waals surface area contributed by atoms with E-state index in [0.717, 1.165) is 28.7 Å². The molecular formula is C21H17N3O6S. The molecule has 31 heavy (non-hydrogen) atoms. The summed E-state index contributed by atoms with van der Waals surface area (Å²) < 4.78 is 0. The van der Waals surface area contributed by atoms with Crippen molar-refractivity contribution in [2.75, 3.05) is 13.1 Å². The van der Waals surface area contributed by atoms with Crippen molar-refractivity contribution in [3.8, 4) is 5.75 Å². The first kappa shape index (κ1) is 20.6. The predicted octanol–water partition coefficient (Wildman–Crippen LogP) is 2.92. The Labute approximate surface area is 181 Å². The van der Waals surface area contributed by atoms with E-state index in [1.54, 1.807) is 4.90 Å². The number of nitro groups is 1. The maximum absolute atomic E-state index is 12.7. The first-order valence-electron chi connectivity index (χ1n) is 9.41. The standard InChI is InChI=1S/C21H17N3O6S/c25-16-5-6-17(24(29)30)15(9-16)10-18-20(27)23(21(28)31-18)12-19(26)22-8-7-13-3-1-2-4-14(13)11-22/h1-6,9-10,25H,7-8,11-12H2/b18-10-. The average molecular weight is 439 g/mol. The highest BCUT2D eigenvalue weighted by molar-refractivity contribution is 8.18. The summed E-state index contributed by atoms with van der Waals surface area (Å²) in [6, 6.07) is 11.2. The number of imide groups is 1. The zero-order valence-corrected chi connectivity index (χ0v) is 17.0. The molecule has 0 spiro atoms. The van der Waals surface area contributed by atoms with Gasteiger partial charge in [0.25, 0.3) is 16.8 Å². The molecule has 3 amide bonds. The summed E-state index contributed by atoms with van der Waals surface area (Å²) in [5, 5.41) is 20.2. The monoisotopic (exact) mass is 439 g/mol. The third-order valence-electron chi connectivity index (χ3n) is 5.14. The molecule has 0 bridgehead atoms. The van der Waals surface area contributed by atoms with Gasteiger partial charge in [0.2, 0.25) is 5.91 Å². The number of nitro benzene ring substituents is 1. The molecule has 0 aromatic heterocycles. The van der Waals surface area contributed by atoms with Crippen LogP contribution in [-0.4, -0.2) is 50.0 Å². The van der Waals surface area contributed by atoms with Gasteiger partial charge in [-0.15, -0.1) is 0 Å². The van der Waals surface area contributed by atoms with Gasteiger partial charge in [0.05, 0.1) is 15.4 Å². The minimum atomic E-state index is -0.696. The van der Waals surface area contributed by atoms with Crippen LogP contribution < -0.4 is 0 Å². The number of nitrogens with zero attached hydrogens (tertiary/aromatic N) is 3. The highest BCUT2D eigenvalue weighted by Gasteiger charge is 2.38. The van der Waals surface area contributed by atoms with Gasteiger partial charge in [0, 0.05) is 19.2 Å². The van der Waals surface area contributed by atoms with Crippen LogP contribution in [0.15, 0.2) is 47.4 Å². The van der Waals surface area contributed by atoms with Crippen molar-refractivity contribution in [3.63, 3.8) is 0 Å². The molecule has 1 fully saturated rings. The average Bonchev–Trinajstić information content (AvgIpc) is 3.00. The van der Waals surface area contributed by atoms with Crippen LogP contribution in [0.5, 0.6) is 5.75 Å². The smallest absolute Gasteiger partial charge is 0.294 e. The molecular weight excluding hydrogens is 422 g/mol. The number of hydrogen-bond acceptors (Lipinski definition) is 7. The van der Waals surface area contributed by atoms with Gasteiger partial charge in [-0.1, -0.05) is 24.3 Å². The number of amides is 3. The van der Waals surface area contributed by atoms with Crippen molar-refractivity contribution in [3.05, 3.63) is 74.2 Å². The van der Waals surface area contributed by atoms with E-state index in [9.17, 15) is 29.6 Å². The molecule has 1 N–H and O–H groups in total. The van der Waals surface area contributed by atoms with Gasteiger partial charge in [-0.2, -0.15) is 0 Å². The second kappa shape index (κ2) is 8.23. The summed E-state index contributed by atoms with van der Waals surface area (Å²) in [4.78, 5) is 50.8. The Balaban J connectivity index is 1.51. The maximum Gasteiger partial charge on any atom is 0.294 e. The van der Waals surface area contributed by atoms with Crippen molar-refractivity contribution in [1.29, 1.82) is 0 Å². The molecule has 10 heteroatoms. The van der Waals surface area contributed by atoms with E-state index in [1.165, 1.54) is 11.6 Å². The first-order valence-corrected chi connectivity index (χ1v) is 10.2. The molecule has 2 aromatic carbocycles. The van der Waals surface area contributed by atoms with Crippen LogP contribution in [0.4, 0.5) is 10.5 Å². The van der Waals surface area contributed by atoms with Crippen molar-refractivity contribution >= 4 is 40.6 Å². The van der Waals surface area contributed by atoms with Gasteiger partial charge in [0.15, 0.2) is 0 Å². The summed E-state index contributed by atoms with van der Waals surface area (Å²) in [5.74, 6) is -1.25. The van der Waals surface area contributed by atoms with Crippen LogP contribution in [0.25, 0.3) is 6.08 Å². The van der Waals surface area contributed by atoms with Crippen LogP contribution in [-0.2, 0) is 22.6 Å². The quantitative estimate of drug-likeness (QED) is 0.442. The lowest BCUT2D eigenvalue weighted by Gasteiger charge is -2.29. The van der Waals surface area contributed by atoms with Crippen LogP contribution in [0, 0.1) is 10.1 Å². The number of hydrogen-bond donors (Lipinski definition) is 1. The lowest BCUT2D eigenvalue weighted by atomic mass is 10.00. The SMILES string of the molecule is O=C(CN1C(=O)S/C(=C\c2cc(O)ccc2[N+](=O)[O-])C1=O)N1CCc2ccccc2C1. The molecule has 0 saturated carbocycles. The highest BCUT2D eigenvalue weighted by Crippen LogP contribution is 2.35. The summed E-state index contributed by atoms with van der Waals surface area (Å²) in [5.41, 5.74) is 1.89. The molecule has 2 aromatic rings. The van der Waals surface area contributed by atoms with Crippen LogP contribution in [0.3, 0.4) is 0 Å². The number of phenolic OH excluding ortho intramolecular Hbond substituents is 1. The largest absolute Gasteiger partial charge is 0.508 e. The number of thioether (sulfide) groups is 1. The molecule has 2 aliphatic rings. The normalized spacial score (nSPS) is 17.2. The van der Waals surface area contributed by atoms with E-state index in [2.05, 4.69) is 0 Å². The number of phenols is 1. The predicted molar refractivity (Wildman–Crippen MR) is 113 cm³/mol. The third kappa shape index (κ3) is 4.15. The van der Waals surface area contributed by atoms with E-state index < -0.39 is 22.6 Å². The zero-order valence-electron chi connectivity index (χ0n) is 16.2. The summed E-state index contributed by atoms with van der Waals surface area (Å²) in [6.07, 6.45) is 1.88. The Morgan fingerprint density at radius 1 is 1.19 bits per heavy atom. The second-order valence-corrected chi connectivity index (χ2v) is 8.10. The number of benzene rings is 2. The topological polar surface area (TPSA) is 121 Å². The first-order chi connectivity index (χ1) is 14.8. The lowest BCUT2D eigenvalue weighted by molar-refractivity contribution is -0.385. The molecule has 9 nitrogen and oxygen atoms in total. The van der Waals surface area contributed by atoms with Gasteiger partial charge < -0.3 is 10.0 Å². The van der Waals surface area contributed by atoms with Gasteiger partial charge in [-0.05, 0) is 47.5 Å². The Bertz CT molecular complexity index is 1150. The van der Waals surface area contributed by atoms with E-state index in [1.807, 2.05) is 24.3 Å². The van der Waals surface area contributed by atoms with E-state index >= 15 is 0 Å². The van der Waals surface area contributed by atoms with Crippen molar-refractivity contribution < 1.29 is 24.4 Å².